The molecule has 0 bridgehead atoms. The van der Waals surface area contributed by atoms with Crippen LogP contribution < -0.4 is 0 Å². The third-order valence-electron chi connectivity index (χ3n) is 3.22. The summed E-state index contributed by atoms with van der Waals surface area (Å²) < 4.78 is 5.15. The van der Waals surface area contributed by atoms with E-state index in [1.165, 1.54) is 31.8 Å². The molecule has 0 heterocycles. The first-order valence-electron chi connectivity index (χ1n) is 6.37. The number of esters is 1. The second kappa shape index (κ2) is 8.37. The van der Waals surface area contributed by atoms with E-state index in [-0.39, 0.29) is 11.4 Å². The molecule has 0 radical (unpaired) electrons. The van der Waals surface area contributed by atoms with Crippen molar-refractivity contribution in [1.82, 2.24) is 0 Å². The van der Waals surface area contributed by atoms with Gasteiger partial charge in [0.2, 0.25) is 0 Å². The summed E-state index contributed by atoms with van der Waals surface area (Å²) in [6.07, 6.45) is 8.47. The van der Waals surface area contributed by atoms with Crippen molar-refractivity contribution >= 4 is 5.97 Å². The minimum atomic E-state index is -0.312. The Morgan fingerprint density at radius 3 is 2.50 bits per heavy atom. The summed E-state index contributed by atoms with van der Waals surface area (Å²) in [5.41, 5.74) is 0.131. The van der Waals surface area contributed by atoms with Crippen LogP contribution in [-0.2, 0) is 9.53 Å². The van der Waals surface area contributed by atoms with E-state index in [0.717, 1.165) is 12.8 Å². The van der Waals surface area contributed by atoms with Gasteiger partial charge in [0.15, 0.2) is 0 Å². The van der Waals surface area contributed by atoms with Crippen LogP contribution in [0.25, 0.3) is 0 Å². The smallest absolute Gasteiger partial charge is 0.330 e. The zero-order chi connectivity index (χ0) is 12.4. The van der Waals surface area contributed by atoms with E-state index in [1.54, 1.807) is 0 Å². The molecule has 0 rings (SSSR count). The summed E-state index contributed by atoms with van der Waals surface area (Å²) in [7, 11) is 0. The van der Waals surface area contributed by atoms with Gasteiger partial charge in [0.05, 0.1) is 6.61 Å². The van der Waals surface area contributed by atoms with E-state index < -0.39 is 0 Å². The molecule has 2 heteroatoms. The number of hydrogen-bond donors (Lipinski definition) is 0. The molecule has 2 nitrogen and oxygen atoms in total. The number of ether oxygens (including phenoxy) is 1. The van der Waals surface area contributed by atoms with E-state index in [1.807, 2.05) is 0 Å². The lowest BCUT2D eigenvalue weighted by Gasteiger charge is -2.27. The monoisotopic (exact) mass is 226 g/mol. The zero-order valence-electron chi connectivity index (χ0n) is 11.1. The summed E-state index contributed by atoms with van der Waals surface area (Å²) in [5, 5.41) is 0. The highest BCUT2D eigenvalue weighted by Crippen LogP contribution is 2.29. The van der Waals surface area contributed by atoms with Gasteiger partial charge in [-0.25, -0.2) is 4.79 Å². The average molecular weight is 226 g/mol. The number of rotatable bonds is 9. The van der Waals surface area contributed by atoms with E-state index in [0.29, 0.717) is 6.61 Å². The van der Waals surface area contributed by atoms with Gasteiger partial charge in [-0.05, 0) is 12.8 Å². The molecule has 0 saturated carbocycles. The van der Waals surface area contributed by atoms with Gasteiger partial charge < -0.3 is 4.74 Å². The Morgan fingerprint density at radius 2 is 2.00 bits per heavy atom. The minimum absolute atomic E-state index is 0.131. The normalized spacial score (nSPS) is 14.2. The van der Waals surface area contributed by atoms with E-state index in [2.05, 4.69) is 27.4 Å². The molecular weight excluding hydrogens is 200 g/mol. The maximum atomic E-state index is 11.0. The Balaban J connectivity index is 3.90. The number of hydrogen-bond acceptors (Lipinski definition) is 2. The van der Waals surface area contributed by atoms with Gasteiger partial charge in [-0.3, -0.25) is 0 Å². The highest BCUT2D eigenvalue weighted by atomic mass is 16.5. The van der Waals surface area contributed by atoms with Crippen molar-refractivity contribution < 1.29 is 9.53 Å². The molecule has 16 heavy (non-hydrogen) atoms. The fourth-order valence-corrected chi connectivity index (χ4v) is 1.63. The van der Waals surface area contributed by atoms with Crippen molar-refractivity contribution in [2.24, 2.45) is 5.41 Å². The molecule has 0 aromatic carbocycles. The lowest BCUT2D eigenvalue weighted by Crippen LogP contribution is -2.24. The summed E-state index contributed by atoms with van der Waals surface area (Å²) in [4.78, 5) is 11.0. The van der Waals surface area contributed by atoms with E-state index in [9.17, 15) is 4.79 Å². The molecule has 94 valence electrons. The molecule has 0 aliphatic rings. The third-order valence-corrected chi connectivity index (χ3v) is 3.22. The van der Waals surface area contributed by atoms with Gasteiger partial charge in [-0.2, -0.15) is 0 Å². The van der Waals surface area contributed by atoms with Gasteiger partial charge in [0.1, 0.15) is 0 Å². The molecule has 0 saturated heterocycles. The SMILES string of the molecule is C=CC(=O)OCC(C)(CC)CCCCCC. The Kier molecular flexibility index (Phi) is 7.96. The first-order chi connectivity index (χ1) is 7.58. The van der Waals surface area contributed by atoms with Crippen LogP contribution in [0.3, 0.4) is 0 Å². The summed E-state index contributed by atoms with van der Waals surface area (Å²) in [6, 6.07) is 0. The standard InChI is InChI=1S/C14H26O2/c1-5-8-9-10-11-14(4,7-3)12-16-13(15)6-2/h6H,2,5,7-12H2,1,3-4H3. The van der Waals surface area contributed by atoms with Crippen LogP contribution in [-0.4, -0.2) is 12.6 Å². The lowest BCUT2D eigenvalue weighted by molar-refractivity contribution is -0.141. The summed E-state index contributed by atoms with van der Waals surface area (Å²) in [5.74, 6) is -0.312. The molecule has 0 aromatic heterocycles. The van der Waals surface area contributed by atoms with Gasteiger partial charge in [-0.1, -0.05) is 53.0 Å². The van der Waals surface area contributed by atoms with Gasteiger partial charge >= 0.3 is 5.97 Å². The molecule has 0 aromatic rings. The van der Waals surface area contributed by atoms with Crippen molar-refractivity contribution in [2.45, 2.75) is 59.3 Å². The second-order valence-corrected chi connectivity index (χ2v) is 4.79. The third kappa shape index (κ3) is 6.65. The van der Waals surface area contributed by atoms with E-state index in [4.69, 9.17) is 4.74 Å². The Hall–Kier alpha value is -0.790. The van der Waals surface area contributed by atoms with Crippen molar-refractivity contribution in [3.05, 3.63) is 12.7 Å². The van der Waals surface area contributed by atoms with Crippen molar-refractivity contribution in [3.8, 4) is 0 Å². The van der Waals surface area contributed by atoms with Gasteiger partial charge in [-0.15, -0.1) is 0 Å². The predicted octanol–water partition coefficient (Wildman–Crippen LogP) is 4.10. The quantitative estimate of drug-likeness (QED) is 0.336. The average Bonchev–Trinajstić information content (AvgIpc) is 2.31. The van der Waals surface area contributed by atoms with Crippen LogP contribution in [0, 0.1) is 5.41 Å². The zero-order valence-corrected chi connectivity index (χ0v) is 11.1. The van der Waals surface area contributed by atoms with Crippen LogP contribution in [0.4, 0.5) is 0 Å². The first kappa shape index (κ1) is 15.2. The highest BCUT2D eigenvalue weighted by Gasteiger charge is 2.23. The van der Waals surface area contributed by atoms with Crippen LogP contribution in [0.5, 0.6) is 0 Å². The molecule has 1 unspecified atom stereocenters. The largest absolute Gasteiger partial charge is 0.462 e. The van der Waals surface area contributed by atoms with Crippen molar-refractivity contribution in [1.29, 1.82) is 0 Å². The Labute approximate surface area is 100 Å². The number of carbonyl (C=O) groups excluding carboxylic acids is 1. The first-order valence-corrected chi connectivity index (χ1v) is 6.37. The van der Waals surface area contributed by atoms with Crippen molar-refractivity contribution in [2.75, 3.05) is 6.61 Å². The molecule has 1 atom stereocenters. The molecule has 0 aliphatic heterocycles. The van der Waals surface area contributed by atoms with Gasteiger partial charge in [0.25, 0.3) is 0 Å². The van der Waals surface area contributed by atoms with Crippen LogP contribution >= 0.6 is 0 Å². The van der Waals surface area contributed by atoms with E-state index >= 15 is 0 Å². The fraction of sp³-hybridized carbons (Fsp3) is 0.786. The summed E-state index contributed by atoms with van der Waals surface area (Å²) >= 11 is 0. The molecule has 0 aliphatic carbocycles. The minimum Gasteiger partial charge on any atom is -0.462 e. The molecule has 0 amide bonds. The van der Waals surface area contributed by atoms with Crippen LogP contribution in [0.2, 0.25) is 0 Å². The second-order valence-electron chi connectivity index (χ2n) is 4.79. The van der Waals surface area contributed by atoms with Crippen LogP contribution in [0.15, 0.2) is 12.7 Å². The number of carbonyl (C=O) groups is 1. The lowest BCUT2D eigenvalue weighted by atomic mass is 9.83. The highest BCUT2D eigenvalue weighted by molar-refractivity contribution is 5.81. The fourth-order valence-electron chi connectivity index (χ4n) is 1.63. The molecule has 0 spiro atoms. The van der Waals surface area contributed by atoms with Crippen molar-refractivity contribution in [3.63, 3.8) is 0 Å². The molecular formula is C14H26O2. The Morgan fingerprint density at radius 1 is 1.31 bits per heavy atom. The maximum absolute atomic E-state index is 11.0. The predicted molar refractivity (Wildman–Crippen MR) is 68.3 cm³/mol. The van der Waals surface area contributed by atoms with Crippen LogP contribution in [0.1, 0.15) is 59.3 Å². The van der Waals surface area contributed by atoms with Gasteiger partial charge in [0, 0.05) is 11.5 Å². The molecule has 0 N–H and O–H groups in total. The molecule has 0 fully saturated rings. The maximum Gasteiger partial charge on any atom is 0.330 e. The topological polar surface area (TPSA) is 26.3 Å². The Bertz CT molecular complexity index is 211. The number of unbranched alkanes of at least 4 members (excludes halogenated alkanes) is 3. The summed E-state index contributed by atoms with van der Waals surface area (Å²) in [6.45, 7) is 10.5.